The molecule has 0 saturated carbocycles. The van der Waals surface area contributed by atoms with Crippen LogP contribution in [0.2, 0.25) is 0 Å². The molecule has 0 aliphatic carbocycles. The number of rotatable bonds is 0. The minimum absolute atomic E-state index is 0.169. The van der Waals surface area contributed by atoms with Crippen LogP contribution in [0.1, 0.15) is 0 Å². The summed E-state index contributed by atoms with van der Waals surface area (Å²) in [6.07, 6.45) is 0. The van der Waals surface area contributed by atoms with Crippen LogP contribution >= 0.6 is 8.19 Å². The Morgan fingerprint density at radius 1 is 1.43 bits per heavy atom. The van der Waals surface area contributed by atoms with Crippen molar-refractivity contribution in [2.24, 2.45) is 0 Å². The van der Waals surface area contributed by atoms with Crippen molar-refractivity contribution >= 4 is 8.19 Å². The van der Waals surface area contributed by atoms with Crippen molar-refractivity contribution in [1.82, 2.24) is 0 Å². The molecule has 0 atom stereocenters. The molecular formula is C5H4OP-. The van der Waals surface area contributed by atoms with Gasteiger partial charge in [0.1, 0.15) is 0 Å². The zero-order valence-electron chi connectivity index (χ0n) is 3.66. The highest BCUT2D eigenvalue weighted by Crippen LogP contribution is 2.14. The highest BCUT2D eigenvalue weighted by molar-refractivity contribution is 7.31. The maximum absolute atomic E-state index is 10.3. The van der Waals surface area contributed by atoms with Gasteiger partial charge in [-0.25, -0.2) is 0 Å². The lowest BCUT2D eigenvalue weighted by Crippen LogP contribution is -1.81. The van der Waals surface area contributed by atoms with Gasteiger partial charge in [0, 0.05) is 0 Å². The summed E-state index contributed by atoms with van der Waals surface area (Å²) in [7, 11) is 0.791. The monoisotopic (exact) mass is 111 g/mol. The zero-order valence-corrected chi connectivity index (χ0v) is 4.56. The van der Waals surface area contributed by atoms with Crippen molar-refractivity contribution < 1.29 is 5.11 Å². The topological polar surface area (TPSA) is 23.1 Å². The third-order valence-electron chi connectivity index (χ3n) is 0.638. The molecule has 0 aliphatic rings. The molecule has 1 aromatic heterocycles. The van der Waals surface area contributed by atoms with Crippen LogP contribution in [0.4, 0.5) is 0 Å². The second-order valence-corrected chi connectivity index (χ2v) is 2.17. The molecule has 0 bridgehead atoms. The SMILES string of the molecule is [O-]c1ccccp1. The number of hydrogen-bond acceptors (Lipinski definition) is 1. The highest BCUT2D eigenvalue weighted by atomic mass is 31.0. The van der Waals surface area contributed by atoms with Gasteiger partial charge in [0.05, 0.1) is 0 Å². The van der Waals surface area contributed by atoms with Crippen LogP contribution < -0.4 is 5.11 Å². The van der Waals surface area contributed by atoms with Crippen LogP contribution in [0.3, 0.4) is 0 Å². The quantitative estimate of drug-likeness (QED) is 0.495. The minimum Gasteiger partial charge on any atom is -0.869 e. The van der Waals surface area contributed by atoms with E-state index in [0.717, 1.165) is 8.19 Å². The fourth-order valence-electron chi connectivity index (χ4n) is 0.347. The molecule has 0 spiro atoms. The lowest BCUT2D eigenvalue weighted by molar-refractivity contribution is -0.261. The molecular weight excluding hydrogens is 107 g/mol. The third kappa shape index (κ3) is 1.17. The fraction of sp³-hybridized carbons (Fsp3) is 0. The molecule has 0 aromatic carbocycles. The smallest absolute Gasteiger partial charge is 0.0352 e. The normalized spacial score (nSPS) is 9.71. The van der Waals surface area contributed by atoms with E-state index in [1.165, 1.54) is 0 Å². The van der Waals surface area contributed by atoms with Crippen molar-refractivity contribution in [2.45, 2.75) is 0 Å². The van der Waals surface area contributed by atoms with Gasteiger partial charge in [-0.2, -0.15) is 0 Å². The minimum atomic E-state index is 0.169. The Hall–Kier alpha value is -0.550. The van der Waals surface area contributed by atoms with Gasteiger partial charge < -0.3 is 5.11 Å². The van der Waals surface area contributed by atoms with Crippen molar-refractivity contribution in [3.8, 4) is 5.48 Å². The van der Waals surface area contributed by atoms with Gasteiger partial charge in [-0.3, -0.25) is 0 Å². The highest BCUT2D eigenvalue weighted by Gasteiger charge is 1.65. The van der Waals surface area contributed by atoms with Gasteiger partial charge in [0.2, 0.25) is 0 Å². The molecule has 1 heterocycles. The van der Waals surface area contributed by atoms with E-state index in [-0.39, 0.29) is 5.48 Å². The Morgan fingerprint density at radius 2 is 2.29 bits per heavy atom. The van der Waals surface area contributed by atoms with Crippen molar-refractivity contribution in [3.05, 3.63) is 24.0 Å². The molecule has 2 heteroatoms. The second kappa shape index (κ2) is 1.94. The van der Waals surface area contributed by atoms with E-state index < -0.39 is 0 Å². The van der Waals surface area contributed by atoms with Gasteiger partial charge >= 0.3 is 0 Å². The maximum Gasteiger partial charge on any atom is -0.0352 e. The largest absolute Gasteiger partial charge is 0.869 e. The van der Waals surface area contributed by atoms with Crippen LogP contribution in [0.5, 0.6) is 5.48 Å². The average Bonchev–Trinajstić information content (AvgIpc) is 1.69. The molecule has 36 valence electrons. The summed E-state index contributed by atoms with van der Waals surface area (Å²) in [4.78, 5) is 0. The Bertz CT molecular complexity index is 138. The Balaban J connectivity index is 3.02. The zero-order chi connectivity index (χ0) is 5.11. The molecule has 0 N–H and O–H groups in total. The van der Waals surface area contributed by atoms with Gasteiger partial charge in [0.15, 0.2) is 0 Å². The van der Waals surface area contributed by atoms with Gasteiger partial charge in [-0.15, -0.1) is 0 Å². The standard InChI is InChI=1S/C5H5OP/c6-5-3-1-2-4-7-5/h1-4,6H/p-1. The molecule has 1 aromatic rings. The molecule has 0 radical (unpaired) electrons. The lowest BCUT2D eigenvalue weighted by atomic mass is 10.6. The summed E-state index contributed by atoms with van der Waals surface area (Å²) in [5, 5.41) is 10.3. The van der Waals surface area contributed by atoms with E-state index in [4.69, 9.17) is 0 Å². The van der Waals surface area contributed by atoms with Crippen LogP contribution in [-0.2, 0) is 0 Å². The molecule has 0 unspecified atom stereocenters. The van der Waals surface area contributed by atoms with Gasteiger partial charge in [-0.05, 0) is 5.80 Å². The van der Waals surface area contributed by atoms with E-state index in [0.29, 0.717) is 0 Å². The predicted molar refractivity (Wildman–Crippen MR) is 28.4 cm³/mol. The summed E-state index contributed by atoms with van der Waals surface area (Å²) in [6, 6.07) is 5.18. The van der Waals surface area contributed by atoms with Crippen molar-refractivity contribution in [3.63, 3.8) is 0 Å². The number of hydrogen-bond donors (Lipinski definition) is 0. The molecule has 1 rings (SSSR count). The van der Waals surface area contributed by atoms with E-state index in [2.05, 4.69) is 0 Å². The summed E-state index contributed by atoms with van der Waals surface area (Å²) in [6.45, 7) is 0. The van der Waals surface area contributed by atoms with Crippen LogP contribution in [-0.4, -0.2) is 0 Å². The summed E-state index contributed by atoms with van der Waals surface area (Å²) in [5.74, 6) is 1.82. The van der Waals surface area contributed by atoms with Crippen molar-refractivity contribution in [2.75, 3.05) is 0 Å². The fourth-order valence-corrected chi connectivity index (χ4v) is 0.852. The lowest BCUT2D eigenvalue weighted by Gasteiger charge is -1.97. The molecule has 0 fully saturated rings. The molecule has 1 nitrogen and oxygen atoms in total. The van der Waals surface area contributed by atoms with Gasteiger partial charge in [0.25, 0.3) is 0 Å². The first-order valence-electron chi connectivity index (χ1n) is 1.97. The summed E-state index contributed by atoms with van der Waals surface area (Å²) in [5.41, 5.74) is 0.169. The van der Waals surface area contributed by atoms with Gasteiger partial charge in [-0.1, -0.05) is 31.9 Å². The van der Waals surface area contributed by atoms with E-state index in [9.17, 15) is 5.11 Å². The molecule has 0 aliphatic heterocycles. The second-order valence-electron chi connectivity index (χ2n) is 1.17. The third-order valence-corrected chi connectivity index (χ3v) is 1.36. The first kappa shape index (κ1) is 4.61. The predicted octanol–water partition coefficient (Wildman–Crippen LogP) is 1.34. The first-order chi connectivity index (χ1) is 3.39. The Kier molecular flexibility index (Phi) is 1.28. The molecule has 0 saturated heterocycles. The molecule has 7 heavy (non-hydrogen) atoms. The van der Waals surface area contributed by atoms with Crippen molar-refractivity contribution in [1.29, 1.82) is 0 Å². The maximum atomic E-state index is 10.3. The van der Waals surface area contributed by atoms with Crippen LogP contribution in [0.15, 0.2) is 24.0 Å². The van der Waals surface area contributed by atoms with E-state index in [1.54, 1.807) is 12.1 Å². The van der Waals surface area contributed by atoms with E-state index >= 15 is 0 Å². The first-order valence-corrected chi connectivity index (χ1v) is 2.94. The summed E-state index contributed by atoms with van der Waals surface area (Å²) >= 11 is 0. The summed E-state index contributed by atoms with van der Waals surface area (Å²) < 4.78 is 0. The average molecular weight is 111 g/mol. The Morgan fingerprint density at radius 3 is 2.57 bits per heavy atom. The van der Waals surface area contributed by atoms with E-state index in [1.807, 2.05) is 11.9 Å². The Labute approximate surface area is 43.7 Å². The molecule has 0 amide bonds. The van der Waals surface area contributed by atoms with Crippen LogP contribution in [0, 0.1) is 0 Å². The van der Waals surface area contributed by atoms with Crippen LogP contribution in [0.25, 0.3) is 0 Å².